The maximum Gasteiger partial charge on any atom is 0.416 e. The van der Waals surface area contributed by atoms with E-state index in [2.05, 4.69) is 11.9 Å². The van der Waals surface area contributed by atoms with Gasteiger partial charge >= 0.3 is 12.3 Å². The van der Waals surface area contributed by atoms with E-state index in [4.69, 9.17) is 4.74 Å². The van der Waals surface area contributed by atoms with Crippen LogP contribution in [0.3, 0.4) is 0 Å². The van der Waals surface area contributed by atoms with E-state index in [1.165, 1.54) is 24.3 Å². The molecule has 6 heteroatoms. The Bertz CT molecular complexity index is 499. The highest BCUT2D eigenvalue weighted by Crippen LogP contribution is 2.32. The molecule has 1 N–H and O–H groups in total. The SMILES string of the molecule is C=C(c1ccc(NC(=O)OC(C)(C)C)cc1)C(F)(F)F. The molecule has 1 aromatic rings. The number of amides is 1. The smallest absolute Gasteiger partial charge is 0.416 e. The van der Waals surface area contributed by atoms with Crippen LogP contribution >= 0.6 is 0 Å². The Kier molecular flexibility index (Phi) is 4.47. The zero-order valence-electron chi connectivity index (χ0n) is 11.5. The van der Waals surface area contributed by atoms with Crippen molar-refractivity contribution in [3.8, 4) is 0 Å². The van der Waals surface area contributed by atoms with E-state index < -0.39 is 23.4 Å². The number of carbonyl (C=O) groups excluding carboxylic acids is 1. The minimum atomic E-state index is -4.47. The van der Waals surface area contributed by atoms with Gasteiger partial charge in [-0.1, -0.05) is 18.7 Å². The molecule has 0 aliphatic carbocycles. The molecule has 0 fully saturated rings. The average Bonchev–Trinajstić information content (AvgIpc) is 2.25. The fourth-order valence-electron chi connectivity index (χ4n) is 1.34. The Morgan fingerprint density at radius 3 is 2.05 bits per heavy atom. The molecule has 1 aromatic carbocycles. The Labute approximate surface area is 115 Å². The van der Waals surface area contributed by atoms with Crippen molar-refractivity contribution in [2.75, 3.05) is 5.32 Å². The van der Waals surface area contributed by atoms with E-state index in [0.717, 1.165) is 0 Å². The lowest BCUT2D eigenvalue weighted by Gasteiger charge is -2.19. The minimum Gasteiger partial charge on any atom is -0.444 e. The fraction of sp³-hybridized carbons (Fsp3) is 0.357. The summed E-state index contributed by atoms with van der Waals surface area (Å²) in [6.07, 6.45) is -5.14. The van der Waals surface area contributed by atoms with Gasteiger partial charge in [0.05, 0.1) is 5.57 Å². The van der Waals surface area contributed by atoms with Crippen molar-refractivity contribution in [3.05, 3.63) is 36.4 Å². The van der Waals surface area contributed by atoms with Crippen molar-refractivity contribution in [1.82, 2.24) is 0 Å². The fourth-order valence-corrected chi connectivity index (χ4v) is 1.34. The summed E-state index contributed by atoms with van der Waals surface area (Å²) in [7, 11) is 0. The predicted molar refractivity (Wildman–Crippen MR) is 71.4 cm³/mol. The molecule has 1 amide bonds. The molecular weight excluding hydrogens is 271 g/mol. The second-order valence-corrected chi connectivity index (χ2v) is 5.18. The van der Waals surface area contributed by atoms with Gasteiger partial charge in [-0.05, 0) is 38.5 Å². The molecule has 0 aliphatic heterocycles. The molecule has 0 atom stereocenters. The van der Waals surface area contributed by atoms with Gasteiger partial charge in [0.1, 0.15) is 5.60 Å². The van der Waals surface area contributed by atoms with Crippen molar-refractivity contribution in [2.45, 2.75) is 32.5 Å². The average molecular weight is 287 g/mol. The zero-order valence-corrected chi connectivity index (χ0v) is 11.5. The number of rotatable bonds is 2. The van der Waals surface area contributed by atoms with Gasteiger partial charge in [-0.25, -0.2) is 4.79 Å². The predicted octanol–water partition coefficient (Wildman–Crippen LogP) is 4.61. The second-order valence-electron chi connectivity index (χ2n) is 5.18. The number of ether oxygens (including phenoxy) is 1. The van der Waals surface area contributed by atoms with Gasteiger partial charge in [0.25, 0.3) is 0 Å². The molecule has 0 bridgehead atoms. The third kappa shape index (κ3) is 4.95. The Morgan fingerprint density at radius 2 is 1.65 bits per heavy atom. The van der Waals surface area contributed by atoms with Crippen molar-refractivity contribution in [3.63, 3.8) is 0 Å². The highest BCUT2D eigenvalue weighted by atomic mass is 19.4. The summed E-state index contributed by atoms with van der Waals surface area (Å²) >= 11 is 0. The van der Waals surface area contributed by atoms with Crippen molar-refractivity contribution >= 4 is 17.4 Å². The third-order valence-corrected chi connectivity index (χ3v) is 2.22. The van der Waals surface area contributed by atoms with Crippen LogP contribution in [0.25, 0.3) is 5.57 Å². The number of carbonyl (C=O) groups is 1. The van der Waals surface area contributed by atoms with Crippen LogP contribution in [0.2, 0.25) is 0 Å². The van der Waals surface area contributed by atoms with Gasteiger partial charge in [-0.15, -0.1) is 0 Å². The summed E-state index contributed by atoms with van der Waals surface area (Å²) in [5, 5.41) is 2.43. The first-order valence-corrected chi connectivity index (χ1v) is 5.85. The molecule has 0 radical (unpaired) electrons. The van der Waals surface area contributed by atoms with E-state index in [9.17, 15) is 18.0 Å². The zero-order chi connectivity index (χ0) is 15.6. The summed E-state index contributed by atoms with van der Waals surface area (Å²) in [5.41, 5.74) is -1.28. The Balaban J connectivity index is 2.73. The molecule has 20 heavy (non-hydrogen) atoms. The maximum atomic E-state index is 12.4. The highest BCUT2D eigenvalue weighted by Gasteiger charge is 2.32. The number of nitrogens with one attached hydrogen (secondary N) is 1. The van der Waals surface area contributed by atoms with E-state index in [1.807, 2.05) is 0 Å². The minimum absolute atomic E-state index is 0.0489. The molecule has 0 aliphatic rings. The van der Waals surface area contributed by atoms with Gasteiger partial charge in [0.2, 0.25) is 0 Å². The Morgan fingerprint density at radius 1 is 1.15 bits per heavy atom. The van der Waals surface area contributed by atoms with Crippen molar-refractivity contribution < 1.29 is 22.7 Å². The monoisotopic (exact) mass is 287 g/mol. The van der Waals surface area contributed by atoms with Crippen LogP contribution in [-0.4, -0.2) is 17.9 Å². The lowest BCUT2D eigenvalue weighted by atomic mass is 10.1. The molecule has 110 valence electrons. The summed E-state index contributed by atoms with van der Waals surface area (Å²) < 4.78 is 42.4. The number of alkyl halides is 3. The van der Waals surface area contributed by atoms with Crippen LogP contribution < -0.4 is 5.32 Å². The summed E-state index contributed by atoms with van der Waals surface area (Å²) in [4.78, 5) is 11.5. The number of hydrogen-bond donors (Lipinski definition) is 1. The number of halogens is 3. The largest absolute Gasteiger partial charge is 0.444 e. The lowest BCUT2D eigenvalue weighted by Crippen LogP contribution is -2.27. The number of benzene rings is 1. The van der Waals surface area contributed by atoms with E-state index in [0.29, 0.717) is 5.69 Å². The molecular formula is C14H16F3NO2. The van der Waals surface area contributed by atoms with Crippen molar-refractivity contribution in [2.24, 2.45) is 0 Å². The molecule has 0 saturated carbocycles. The molecule has 0 saturated heterocycles. The quantitative estimate of drug-likeness (QED) is 0.862. The molecule has 0 heterocycles. The van der Waals surface area contributed by atoms with Gasteiger partial charge in [-0.3, -0.25) is 5.32 Å². The van der Waals surface area contributed by atoms with Gasteiger partial charge in [0.15, 0.2) is 0 Å². The van der Waals surface area contributed by atoms with Crippen LogP contribution in [0.1, 0.15) is 26.3 Å². The highest BCUT2D eigenvalue weighted by molar-refractivity contribution is 5.85. The van der Waals surface area contributed by atoms with Crippen LogP contribution in [0.5, 0.6) is 0 Å². The summed E-state index contributed by atoms with van der Waals surface area (Å²) in [6.45, 7) is 8.13. The molecule has 3 nitrogen and oxygen atoms in total. The van der Waals surface area contributed by atoms with Gasteiger partial charge in [-0.2, -0.15) is 13.2 Å². The van der Waals surface area contributed by atoms with E-state index >= 15 is 0 Å². The van der Waals surface area contributed by atoms with Gasteiger partial charge < -0.3 is 4.74 Å². The molecule has 1 rings (SSSR count). The van der Waals surface area contributed by atoms with Gasteiger partial charge in [0, 0.05) is 5.69 Å². The number of allylic oxidation sites excluding steroid dienone is 1. The number of hydrogen-bond acceptors (Lipinski definition) is 2. The Hall–Kier alpha value is -1.98. The topological polar surface area (TPSA) is 38.3 Å². The molecule has 0 aromatic heterocycles. The summed E-state index contributed by atoms with van der Waals surface area (Å²) in [5.74, 6) is 0. The maximum absolute atomic E-state index is 12.4. The molecule has 0 spiro atoms. The first kappa shape index (κ1) is 16.1. The second kappa shape index (κ2) is 5.56. The third-order valence-electron chi connectivity index (χ3n) is 2.22. The van der Waals surface area contributed by atoms with E-state index in [-0.39, 0.29) is 5.56 Å². The van der Waals surface area contributed by atoms with Crippen molar-refractivity contribution in [1.29, 1.82) is 0 Å². The first-order valence-electron chi connectivity index (χ1n) is 5.85. The first-order chi connectivity index (χ1) is 8.99. The van der Waals surface area contributed by atoms with Crippen LogP contribution in [0.4, 0.5) is 23.7 Å². The normalized spacial score (nSPS) is 11.9. The van der Waals surface area contributed by atoms with Crippen LogP contribution in [0, 0.1) is 0 Å². The summed E-state index contributed by atoms with van der Waals surface area (Å²) in [6, 6.07) is 5.19. The standard InChI is InChI=1S/C14H16F3NO2/c1-9(14(15,16)17)10-5-7-11(8-6-10)18-12(19)20-13(2,3)4/h5-8H,1H2,2-4H3,(H,18,19). The lowest BCUT2D eigenvalue weighted by molar-refractivity contribution is -0.0686. The number of anilines is 1. The van der Waals surface area contributed by atoms with E-state index in [1.54, 1.807) is 20.8 Å². The van der Waals surface area contributed by atoms with Crippen LogP contribution in [-0.2, 0) is 4.74 Å². The molecule has 0 unspecified atom stereocenters. The van der Waals surface area contributed by atoms with Crippen LogP contribution in [0.15, 0.2) is 30.8 Å².